The molecule has 0 amide bonds. The lowest BCUT2D eigenvalue weighted by molar-refractivity contribution is -0.205. The van der Waals surface area contributed by atoms with E-state index in [4.69, 9.17) is 0 Å². The summed E-state index contributed by atoms with van der Waals surface area (Å²) in [5.41, 5.74) is -3.07. The van der Waals surface area contributed by atoms with Crippen LogP contribution in [-0.4, -0.2) is 50.5 Å². The van der Waals surface area contributed by atoms with Crippen LogP contribution in [-0.2, 0) is 25.6 Å². The molecule has 0 heterocycles. The summed E-state index contributed by atoms with van der Waals surface area (Å²) in [6.45, 7) is 9.35. The zero-order valence-electron chi connectivity index (χ0n) is 24.0. The molecule has 3 unspecified atom stereocenters. The fraction of sp³-hybridized carbons (Fsp3) is 0.455. The van der Waals surface area contributed by atoms with Crippen molar-refractivity contribution in [2.75, 3.05) is 0 Å². The van der Waals surface area contributed by atoms with Crippen LogP contribution in [0, 0.1) is 34.5 Å². The van der Waals surface area contributed by atoms with Gasteiger partial charge in [0.15, 0.2) is 34.5 Å². The van der Waals surface area contributed by atoms with E-state index < -0.39 is 69.0 Å². The summed E-state index contributed by atoms with van der Waals surface area (Å²) >= 11 is 0. The highest BCUT2D eigenvalue weighted by Gasteiger charge is 2.76. The van der Waals surface area contributed by atoms with E-state index in [1.54, 1.807) is 58.0 Å². The molecule has 2 saturated carbocycles. The number of benzene rings is 2. The monoisotopic (exact) mass is 558 g/mol. The van der Waals surface area contributed by atoms with Crippen LogP contribution in [0.4, 0.5) is 0 Å². The molecule has 41 heavy (non-hydrogen) atoms. The number of hydrogen-bond acceptors (Lipinski definition) is 8. The Morgan fingerprint density at radius 1 is 0.927 bits per heavy atom. The molecule has 3 aliphatic carbocycles. The minimum Gasteiger partial charge on any atom is -0.507 e. The number of carbonyl (C=O) groups excluding carboxylic acids is 6. The van der Waals surface area contributed by atoms with E-state index in [9.17, 15) is 39.0 Å². The molecule has 0 radical (unpaired) electrons. The zero-order valence-corrected chi connectivity index (χ0v) is 24.0. The molecule has 8 heteroatoms. The predicted octanol–water partition coefficient (Wildman–Crippen LogP) is 3.96. The highest BCUT2D eigenvalue weighted by molar-refractivity contribution is 6.32. The van der Waals surface area contributed by atoms with Crippen LogP contribution in [0.5, 0.6) is 5.75 Å². The van der Waals surface area contributed by atoms with Gasteiger partial charge in [-0.05, 0) is 60.8 Å². The van der Waals surface area contributed by atoms with Crippen molar-refractivity contribution in [3.8, 4) is 16.9 Å². The highest BCUT2D eigenvalue weighted by Crippen LogP contribution is 2.64. The number of hydrogen-bond donors (Lipinski definition) is 2. The van der Waals surface area contributed by atoms with E-state index >= 15 is 0 Å². The summed E-state index contributed by atoms with van der Waals surface area (Å²) in [7, 11) is 0. The van der Waals surface area contributed by atoms with Crippen molar-refractivity contribution in [1.82, 2.24) is 0 Å². The summed E-state index contributed by atoms with van der Waals surface area (Å²) in [5, 5.41) is 22.9. The van der Waals surface area contributed by atoms with Crippen molar-refractivity contribution in [1.29, 1.82) is 0 Å². The number of aromatic hydroxyl groups is 1. The molecule has 2 N–H and O–H groups in total. The SMILES string of the molecule is CC(=O)c1ccc(-c2ccc(O)c3c2C[C@]2(C)C[C@]4(C)C(C(C)C)C(=O)C(C(C)=O)C(=O)[C@]4(O)C(=O)C2C3=O)cc1. The molecule has 214 valence electrons. The van der Waals surface area contributed by atoms with Crippen LogP contribution in [0.15, 0.2) is 36.4 Å². The number of phenols is 1. The summed E-state index contributed by atoms with van der Waals surface area (Å²) in [6, 6.07) is 9.90. The fourth-order valence-corrected chi connectivity index (χ4v) is 8.29. The van der Waals surface area contributed by atoms with Crippen molar-refractivity contribution in [2.24, 2.45) is 34.5 Å². The fourth-order valence-electron chi connectivity index (χ4n) is 8.29. The van der Waals surface area contributed by atoms with Crippen LogP contribution in [0.25, 0.3) is 11.1 Å². The van der Waals surface area contributed by atoms with Gasteiger partial charge in [0, 0.05) is 16.9 Å². The van der Waals surface area contributed by atoms with E-state index in [0.29, 0.717) is 22.3 Å². The number of fused-ring (bicyclic) bond motifs is 3. The van der Waals surface area contributed by atoms with Gasteiger partial charge >= 0.3 is 0 Å². The molecule has 0 saturated heterocycles. The summed E-state index contributed by atoms with van der Waals surface area (Å²) in [4.78, 5) is 80.1. The Balaban J connectivity index is 1.72. The Kier molecular flexibility index (Phi) is 6.39. The lowest BCUT2D eigenvalue weighted by atomic mass is 9.40. The van der Waals surface area contributed by atoms with Crippen molar-refractivity contribution in [3.05, 3.63) is 53.1 Å². The number of ketones is 6. The first-order valence-corrected chi connectivity index (χ1v) is 13.9. The van der Waals surface area contributed by atoms with E-state index in [0.717, 1.165) is 6.92 Å². The predicted molar refractivity (Wildman–Crippen MR) is 148 cm³/mol. The lowest BCUT2D eigenvalue weighted by Gasteiger charge is -2.61. The smallest absolute Gasteiger partial charge is 0.190 e. The van der Waals surface area contributed by atoms with Crippen LogP contribution in [0.2, 0.25) is 0 Å². The van der Waals surface area contributed by atoms with Crippen molar-refractivity contribution in [2.45, 2.75) is 60.0 Å². The molecule has 2 aromatic carbocycles. The van der Waals surface area contributed by atoms with Gasteiger partial charge in [0.25, 0.3) is 0 Å². The average Bonchev–Trinajstić information content (AvgIpc) is 2.86. The van der Waals surface area contributed by atoms with Gasteiger partial charge in [-0.2, -0.15) is 0 Å². The van der Waals surface area contributed by atoms with Gasteiger partial charge in [-0.3, -0.25) is 28.8 Å². The topological polar surface area (TPSA) is 143 Å². The third-order valence-electron chi connectivity index (χ3n) is 9.87. The molecule has 3 aliphatic rings. The van der Waals surface area contributed by atoms with Crippen molar-refractivity contribution in [3.63, 3.8) is 0 Å². The van der Waals surface area contributed by atoms with Gasteiger partial charge < -0.3 is 10.2 Å². The lowest BCUT2D eigenvalue weighted by Crippen LogP contribution is -2.76. The zero-order chi connectivity index (χ0) is 30.4. The molecule has 2 aromatic rings. The minimum absolute atomic E-state index is 0.0125. The minimum atomic E-state index is -2.72. The second kappa shape index (κ2) is 9.11. The summed E-state index contributed by atoms with van der Waals surface area (Å²) in [5.74, 6) is -9.31. The third-order valence-corrected chi connectivity index (χ3v) is 9.87. The number of rotatable bonds is 4. The molecule has 0 aromatic heterocycles. The van der Waals surface area contributed by atoms with E-state index in [1.807, 2.05) is 0 Å². The number of aliphatic hydroxyl groups is 1. The van der Waals surface area contributed by atoms with Gasteiger partial charge in [0.2, 0.25) is 0 Å². The van der Waals surface area contributed by atoms with Crippen LogP contribution in [0.1, 0.15) is 74.2 Å². The maximum Gasteiger partial charge on any atom is 0.190 e. The molecule has 8 nitrogen and oxygen atoms in total. The maximum atomic E-state index is 14.3. The first-order valence-electron chi connectivity index (χ1n) is 13.9. The quantitative estimate of drug-likeness (QED) is 0.424. The second-order valence-electron chi connectivity index (χ2n) is 12.9. The van der Waals surface area contributed by atoms with Gasteiger partial charge in [-0.1, -0.05) is 58.0 Å². The third kappa shape index (κ3) is 3.69. The van der Waals surface area contributed by atoms with Crippen molar-refractivity contribution >= 4 is 34.7 Å². The molecule has 0 aliphatic heterocycles. The van der Waals surface area contributed by atoms with E-state index in [2.05, 4.69) is 0 Å². The Labute approximate surface area is 238 Å². The Morgan fingerprint density at radius 2 is 1.54 bits per heavy atom. The number of Topliss-reactive ketones (excluding diaryl/α,β-unsaturated/α-hetero) is 6. The highest BCUT2D eigenvalue weighted by atomic mass is 16.3. The van der Waals surface area contributed by atoms with Gasteiger partial charge in [-0.25, -0.2) is 0 Å². The summed E-state index contributed by atoms with van der Waals surface area (Å²) in [6.07, 6.45) is 0.138. The molecule has 0 bridgehead atoms. The van der Waals surface area contributed by atoms with Crippen LogP contribution in [0.3, 0.4) is 0 Å². The molecular formula is C33H34O8. The van der Waals surface area contributed by atoms with Gasteiger partial charge in [-0.15, -0.1) is 0 Å². The van der Waals surface area contributed by atoms with Gasteiger partial charge in [0.05, 0.1) is 11.5 Å². The van der Waals surface area contributed by atoms with Gasteiger partial charge in [0.1, 0.15) is 17.5 Å². The first-order chi connectivity index (χ1) is 19.0. The Bertz CT molecular complexity index is 1570. The molecular weight excluding hydrogens is 524 g/mol. The van der Waals surface area contributed by atoms with Crippen LogP contribution < -0.4 is 0 Å². The standard InChI is InChI=1S/C33H34O8/c1-15(2)25-27(37)23(17(4)35)29(39)33(41)30(40)26-28(38)24-21(13-31(26,5)14-32(25,33)6)20(11-12-22(24)36)19-9-7-18(8-10-19)16(3)34/h7-12,15,23,25-26,36,41H,13-14H2,1-6H3/t23?,25?,26?,31-,32-,33+/m1/s1. The molecule has 6 atom stereocenters. The summed E-state index contributed by atoms with van der Waals surface area (Å²) < 4.78 is 0. The normalized spacial score (nSPS) is 32.8. The molecule has 0 spiro atoms. The Morgan fingerprint density at radius 3 is 2.07 bits per heavy atom. The largest absolute Gasteiger partial charge is 0.507 e. The Hall–Kier alpha value is -3.78. The first kappa shape index (κ1) is 28.7. The van der Waals surface area contributed by atoms with Crippen molar-refractivity contribution < 1.29 is 39.0 Å². The number of carbonyl (C=O) groups is 6. The molecule has 2 fully saturated rings. The van der Waals surface area contributed by atoms with Crippen LogP contribution >= 0.6 is 0 Å². The number of phenolic OH excluding ortho intramolecular Hbond substituents is 1. The van der Waals surface area contributed by atoms with E-state index in [1.165, 1.54) is 13.0 Å². The second-order valence-corrected chi connectivity index (χ2v) is 12.9. The average molecular weight is 559 g/mol. The van der Waals surface area contributed by atoms with E-state index in [-0.39, 0.29) is 29.9 Å². The maximum absolute atomic E-state index is 14.3. The molecule has 5 rings (SSSR count).